The molecule has 1 aliphatic heterocycles. The Hall–Kier alpha value is -2.68. The summed E-state index contributed by atoms with van der Waals surface area (Å²) >= 11 is 5.92. The van der Waals surface area contributed by atoms with Crippen molar-refractivity contribution in [2.75, 3.05) is 45.3 Å². The first kappa shape index (κ1) is 24.4. The van der Waals surface area contributed by atoms with Crippen LogP contribution in [0.5, 0.6) is 11.5 Å². The number of hydrogen-bond donors (Lipinski definition) is 1. The van der Waals surface area contributed by atoms with Gasteiger partial charge in [-0.15, -0.1) is 0 Å². The van der Waals surface area contributed by atoms with Crippen LogP contribution < -0.4 is 14.8 Å². The van der Waals surface area contributed by atoms with Gasteiger partial charge < -0.3 is 19.5 Å². The van der Waals surface area contributed by atoms with E-state index in [1.54, 1.807) is 13.2 Å². The largest absolute Gasteiger partial charge is 0.493 e. The van der Waals surface area contributed by atoms with Gasteiger partial charge in [0, 0.05) is 36.8 Å². The lowest BCUT2D eigenvalue weighted by atomic mass is 10.1. The first-order valence-corrected chi connectivity index (χ1v) is 11.8. The molecule has 0 bridgehead atoms. The lowest BCUT2D eigenvalue weighted by Crippen LogP contribution is -2.45. The topological polar surface area (TPSA) is 68.7 Å². The third-order valence-electron chi connectivity index (χ3n) is 5.90. The van der Waals surface area contributed by atoms with Crippen LogP contribution in [0.1, 0.15) is 20.3 Å². The van der Waals surface area contributed by atoms with Gasteiger partial charge in [-0.25, -0.2) is 14.4 Å². The molecule has 0 radical (unpaired) electrons. The molecule has 1 N–H and O–H groups in total. The average Bonchev–Trinajstić information content (AvgIpc) is 2.84. The summed E-state index contributed by atoms with van der Waals surface area (Å²) in [6, 6.07) is 8.12. The van der Waals surface area contributed by atoms with Crippen LogP contribution in [0.4, 0.5) is 15.9 Å². The van der Waals surface area contributed by atoms with Crippen molar-refractivity contribution >= 4 is 34.0 Å². The van der Waals surface area contributed by atoms with Gasteiger partial charge in [-0.2, -0.15) is 0 Å². The Balaban J connectivity index is 1.45. The predicted octanol–water partition coefficient (Wildman–Crippen LogP) is 5.30. The molecule has 0 aliphatic carbocycles. The maximum absolute atomic E-state index is 13.5. The third kappa shape index (κ3) is 5.87. The second-order valence-corrected chi connectivity index (χ2v) is 9.06. The van der Waals surface area contributed by atoms with Gasteiger partial charge in [-0.05, 0) is 36.6 Å². The molecular formula is C25H30ClFN4O3. The molecule has 0 spiro atoms. The Morgan fingerprint density at radius 1 is 1.24 bits per heavy atom. The first-order chi connectivity index (χ1) is 16.4. The Bertz CT molecular complexity index is 1130. The molecule has 4 rings (SSSR count). The Morgan fingerprint density at radius 3 is 2.85 bits per heavy atom. The highest BCUT2D eigenvalue weighted by Crippen LogP contribution is 2.35. The van der Waals surface area contributed by atoms with Crippen LogP contribution in [0, 0.1) is 11.7 Å². The highest BCUT2D eigenvalue weighted by Gasteiger charge is 2.22. The van der Waals surface area contributed by atoms with E-state index in [-0.39, 0.29) is 11.1 Å². The second-order valence-electron chi connectivity index (χ2n) is 8.65. The molecule has 2 aromatic carbocycles. The molecule has 1 fully saturated rings. The van der Waals surface area contributed by atoms with Gasteiger partial charge >= 0.3 is 0 Å². The van der Waals surface area contributed by atoms with E-state index in [1.807, 2.05) is 12.1 Å². The molecule has 3 aromatic rings. The molecule has 0 unspecified atom stereocenters. The maximum atomic E-state index is 13.5. The SMILES string of the molecule is COc1cc2ncnc(Nc3ccc(F)c(Cl)c3)c2cc1OCCCN1CCO[C@H](C(C)C)C1. The number of hydrogen-bond acceptors (Lipinski definition) is 7. The van der Waals surface area contributed by atoms with Crippen LogP contribution >= 0.6 is 11.6 Å². The molecule has 1 saturated heterocycles. The standard InChI is InChI=1S/C25H30ClFN4O3/c1-16(2)24-14-31(8-10-34-24)7-4-9-33-23-12-18-21(13-22(23)32-3)28-15-29-25(18)30-17-5-6-20(27)19(26)11-17/h5-6,11-13,15-16,24H,4,7-10,14H2,1-3H3,(H,28,29,30)/t24-/m0/s1. The van der Waals surface area contributed by atoms with Gasteiger partial charge in [0.05, 0.1) is 37.0 Å². The van der Waals surface area contributed by atoms with Gasteiger partial charge in [-0.3, -0.25) is 4.90 Å². The summed E-state index contributed by atoms with van der Waals surface area (Å²) in [4.78, 5) is 11.1. The van der Waals surface area contributed by atoms with E-state index in [4.69, 9.17) is 25.8 Å². The summed E-state index contributed by atoms with van der Waals surface area (Å²) in [6.45, 7) is 8.57. The highest BCUT2D eigenvalue weighted by atomic mass is 35.5. The molecule has 7 nitrogen and oxygen atoms in total. The molecule has 0 amide bonds. The number of nitrogens with one attached hydrogen (secondary N) is 1. The third-order valence-corrected chi connectivity index (χ3v) is 6.19. The zero-order valence-electron chi connectivity index (χ0n) is 19.7. The summed E-state index contributed by atoms with van der Waals surface area (Å²) in [6.07, 6.45) is 2.64. The van der Waals surface area contributed by atoms with E-state index in [2.05, 4.69) is 34.0 Å². The van der Waals surface area contributed by atoms with Crippen LogP contribution in [0.25, 0.3) is 10.9 Å². The highest BCUT2D eigenvalue weighted by molar-refractivity contribution is 6.31. The minimum Gasteiger partial charge on any atom is -0.493 e. The quantitative estimate of drug-likeness (QED) is 0.410. The van der Waals surface area contributed by atoms with Crippen LogP contribution in [-0.4, -0.2) is 60.9 Å². The Kier molecular flexibility index (Phi) is 8.03. The average molecular weight is 489 g/mol. The van der Waals surface area contributed by atoms with Crippen molar-refractivity contribution in [1.29, 1.82) is 0 Å². The first-order valence-electron chi connectivity index (χ1n) is 11.5. The van der Waals surface area contributed by atoms with E-state index in [0.29, 0.717) is 41.0 Å². The van der Waals surface area contributed by atoms with Crippen molar-refractivity contribution in [3.63, 3.8) is 0 Å². The van der Waals surface area contributed by atoms with Crippen LogP contribution in [0.15, 0.2) is 36.7 Å². The van der Waals surface area contributed by atoms with Crippen molar-refractivity contribution in [2.24, 2.45) is 5.92 Å². The number of anilines is 2. The lowest BCUT2D eigenvalue weighted by molar-refractivity contribution is -0.0511. The van der Waals surface area contributed by atoms with Gasteiger partial charge in [0.1, 0.15) is 18.0 Å². The normalized spacial score (nSPS) is 16.7. The summed E-state index contributed by atoms with van der Waals surface area (Å²) in [7, 11) is 1.61. The molecule has 1 atom stereocenters. The minimum atomic E-state index is -0.475. The number of ether oxygens (including phenoxy) is 3. The van der Waals surface area contributed by atoms with Crippen LogP contribution in [0.2, 0.25) is 5.02 Å². The number of benzene rings is 2. The summed E-state index contributed by atoms with van der Waals surface area (Å²) in [5.74, 6) is 1.82. The molecule has 9 heteroatoms. The summed E-state index contributed by atoms with van der Waals surface area (Å²) in [5, 5.41) is 3.98. The summed E-state index contributed by atoms with van der Waals surface area (Å²) < 4.78 is 31.0. The number of nitrogens with zero attached hydrogens (tertiary/aromatic N) is 3. The maximum Gasteiger partial charge on any atom is 0.162 e. The molecule has 0 saturated carbocycles. The van der Waals surface area contributed by atoms with Crippen molar-refractivity contribution < 1.29 is 18.6 Å². The molecule has 34 heavy (non-hydrogen) atoms. The number of aromatic nitrogens is 2. The fourth-order valence-corrected chi connectivity index (χ4v) is 4.14. The van der Waals surface area contributed by atoms with Gasteiger partial charge in [0.2, 0.25) is 0 Å². The Morgan fingerprint density at radius 2 is 2.09 bits per heavy atom. The van der Waals surface area contributed by atoms with Crippen LogP contribution in [-0.2, 0) is 4.74 Å². The zero-order valence-corrected chi connectivity index (χ0v) is 20.4. The fourth-order valence-electron chi connectivity index (χ4n) is 3.95. The van der Waals surface area contributed by atoms with Crippen molar-refractivity contribution in [1.82, 2.24) is 14.9 Å². The van der Waals surface area contributed by atoms with E-state index < -0.39 is 5.82 Å². The zero-order chi connectivity index (χ0) is 24.1. The molecule has 182 valence electrons. The van der Waals surface area contributed by atoms with Crippen molar-refractivity contribution in [3.05, 3.63) is 47.5 Å². The lowest BCUT2D eigenvalue weighted by Gasteiger charge is -2.34. The van der Waals surface area contributed by atoms with Gasteiger partial charge in [0.25, 0.3) is 0 Å². The predicted molar refractivity (Wildman–Crippen MR) is 132 cm³/mol. The molecular weight excluding hydrogens is 459 g/mol. The van der Waals surface area contributed by atoms with Gasteiger partial charge in [-0.1, -0.05) is 25.4 Å². The minimum absolute atomic E-state index is 0.0361. The molecule has 1 aliphatic rings. The Labute approximate surface area is 204 Å². The van der Waals surface area contributed by atoms with Crippen LogP contribution in [0.3, 0.4) is 0 Å². The number of fused-ring (bicyclic) bond motifs is 1. The molecule has 1 aromatic heterocycles. The number of methoxy groups -OCH3 is 1. The number of morpholine rings is 1. The number of halogens is 2. The van der Waals surface area contributed by atoms with E-state index in [9.17, 15) is 4.39 Å². The molecule has 2 heterocycles. The van der Waals surface area contributed by atoms with Crippen molar-refractivity contribution in [3.8, 4) is 11.5 Å². The smallest absolute Gasteiger partial charge is 0.162 e. The van der Waals surface area contributed by atoms with Crippen molar-refractivity contribution in [2.45, 2.75) is 26.4 Å². The van der Waals surface area contributed by atoms with E-state index >= 15 is 0 Å². The summed E-state index contributed by atoms with van der Waals surface area (Å²) in [5.41, 5.74) is 1.32. The van der Waals surface area contributed by atoms with Gasteiger partial charge in [0.15, 0.2) is 11.5 Å². The number of rotatable bonds is 9. The van der Waals surface area contributed by atoms with E-state index in [1.165, 1.54) is 18.5 Å². The monoisotopic (exact) mass is 488 g/mol. The second kappa shape index (κ2) is 11.2. The fraction of sp³-hybridized carbons (Fsp3) is 0.440. The van der Waals surface area contributed by atoms with E-state index in [0.717, 1.165) is 38.0 Å².